The van der Waals surface area contributed by atoms with Crippen molar-refractivity contribution in [2.24, 2.45) is 0 Å². The standard InChI is InChI=1S/C29H33BrClN3O4S/c1-19(2)32-29(36)22(5)33(17-23-8-10-24(30)11-9-23)28(35)18-34(27-15-12-25(31)16-21(27)4)39(37,38)26-13-6-20(3)7-14-26/h6-16,19,22H,17-18H2,1-5H3,(H,32,36)/t22-/m1/s1. The molecule has 0 aliphatic heterocycles. The Balaban J connectivity index is 2.06. The van der Waals surface area contributed by atoms with Crippen LogP contribution in [-0.2, 0) is 26.2 Å². The highest BCUT2D eigenvalue weighted by atomic mass is 79.9. The van der Waals surface area contributed by atoms with Crippen molar-refractivity contribution < 1.29 is 18.0 Å². The van der Waals surface area contributed by atoms with Crippen LogP contribution < -0.4 is 9.62 Å². The number of carbonyl (C=O) groups is 2. The summed E-state index contributed by atoms with van der Waals surface area (Å²) in [6, 6.07) is 17.7. The zero-order chi connectivity index (χ0) is 28.9. The molecule has 0 aromatic heterocycles. The van der Waals surface area contributed by atoms with Gasteiger partial charge in [0.15, 0.2) is 0 Å². The van der Waals surface area contributed by atoms with Gasteiger partial charge in [-0.15, -0.1) is 0 Å². The van der Waals surface area contributed by atoms with Crippen molar-refractivity contribution in [2.75, 3.05) is 10.8 Å². The van der Waals surface area contributed by atoms with Crippen LogP contribution in [0.1, 0.15) is 37.5 Å². The third-order valence-corrected chi connectivity index (χ3v) is 8.72. The van der Waals surface area contributed by atoms with Crippen LogP contribution in [0, 0.1) is 13.8 Å². The maximum Gasteiger partial charge on any atom is 0.264 e. The second-order valence-corrected chi connectivity index (χ2v) is 13.0. The molecule has 208 valence electrons. The first-order valence-electron chi connectivity index (χ1n) is 12.5. The average molecular weight is 635 g/mol. The van der Waals surface area contributed by atoms with Crippen LogP contribution >= 0.6 is 27.5 Å². The van der Waals surface area contributed by atoms with E-state index in [1.807, 2.05) is 45.0 Å². The number of nitrogens with one attached hydrogen (secondary N) is 1. The molecule has 10 heteroatoms. The molecule has 0 saturated carbocycles. The molecule has 0 unspecified atom stereocenters. The number of carbonyl (C=O) groups excluding carboxylic acids is 2. The molecule has 0 heterocycles. The molecule has 0 spiro atoms. The van der Waals surface area contributed by atoms with Crippen molar-refractivity contribution in [1.29, 1.82) is 0 Å². The molecular weight excluding hydrogens is 602 g/mol. The molecule has 1 atom stereocenters. The van der Waals surface area contributed by atoms with Crippen LogP contribution in [-0.4, -0.2) is 43.8 Å². The molecule has 7 nitrogen and oxygen atoms in total. The zero-order valence-electron chi connectivity index (χ0n) is 22.6. The molecule has 1 N–H and O–H groups in total. The molecule has 3 aromatic carbocycles. The van der Waals surface area contributed by atoms with Gasteiger partial charge in [-0.25, -0.2) is 8.42 Å². The van der Waals surface area contributed by atoms with Crippen molar-refractivity contribution >= 4 is 55.1 Å². The van der Waals surface area contributed by atoms with Crippen LogP contribution in [0.5, 0.6) is 0 Å². The number of rotatable bonds is 10. The Morgan fingerprint density at radius 3 is 2.13 bits per heavy atom. The highest BCUT2D eigenvalue weighted by Gasteiger charge is 2.33. The lowest BCUT2D eigenvalue weighted by atomic mass is 10.1. The lowest BCUT2D eigenvalue weighted by Gasteiger charge is -2.32. The van der Waals surface area contributed by atoms with E-state index in [9.17, 15) is 18.0 Å². The largest absolute Gasteiger partial charge is 0.352 e. The van der Waals surface area contributed by atoms with E-state index in [2.05, 4.69) is 21.2 Å². The number of sulfonamides is 1. The van der Waals surface area contributed by atoms with Gasteiger partial charge < -0.3 is 10.2 Å². The third kappa shape index (κ3) is 7.84. The van der Waals surface area contributed by atoms with E-state index in [0.29, 0.717) is 16.3 Å². The second kappa shape index (κ2) is 13.0. The summed E-state index contributed by atoms with van der Waals surface area (Å²) < 4.78 is 29.8. The Morgan fingerprint density at radius 1 is 0.949 bits per heavy atom. The number of benzene rings is 3. The van der Waals surface area contributed by atoms with E-state index in [1.165, 1.54) is 17.0 Å². The minimum atomic E-state index is -4.14. The van der Waals surface area contributed by atoms with Gasteiger partial charge in [0.25, 0.3) is 10.0 Å². The first-order chi connectivity index (χ1) is 18.3. The van der Waals surface area contributed by atoms with Gasteiger partial charge in [-0.3, -0.25) is 13.9 Å². The summed E-state index contributed by atoms with van der Waals surface area (Å²) in [5.74, 6) is -0.847. The van der Waals surface area contributed by atoms with E-state index in [4.69, 9.17) is 11.6 Å². The monoisotopic (exact) mass is 633 g/mol. The Kier molecular flexibility index (Phi) is 10.2. The summed E-state index contributed by atoms with van der Waals surface area (Å²) in [6.45, 7) is 8.54. The van der Waals surface area contributed by atoms with E-state index in [1.54, 1.807) is 44.2 Å². The minimum Gasteiger partial charge on any atom is -0.352 e. The van der Waals surface area contributed by atoms with E-state index >= 15 is 0 Å². The highest BCUT2D eigenvalue weighted by Crippen LogP contribution is 2.29. The zero-order valence-corrected chi connectivity index (χ0v) is 25.8. The predicted molar refractivity (Wildman–Crippen MR) is 159 cm³/mol. The lowest BCUT2D eigenvalue weighted by molar-refractivity contribution is -0.139. The lowest BCUT2D eigenvalue weighted by Crippen LogP contribution is -2.52. The molecule has 0 saturated heterocycles. The quantitative estimate of drug-likeness (QED) is 0.303. The Morgan fingerprint density at radius 2 is 1.56 bits per heavy atom. The SMILES string of the molecule is Cc1ccc(S(=O)(=O)N(CC(=O)N(Cc2ccc(Br)cc2)[C@H](C)C(=O)NC(C)C)c2ccc(Cl)cc2C)cc1. The molecule has 3 rings (SSSR count). The van der Waals surface area contributed by atoms with Gasteiger partial charge in [0.1, 0.15) is 12.6 Å². The number of nitrogens with zero attached hydrogens (tertiary/aromatic N) is 2. The van der Waals surface area contributed by atoms with Crippen LogP contribution in [0.4, 0.5) is 5.69 Å². The smallest absolute Gasteiger partial charge is 0.264 e. The van der Waals surface area contributed by atoms with Crippen LogP contribution in [0.2, 0.25) is 5.02 Å². The molecule has 39 heavy (non-hydrogen) atoms. The normalized spacial score (nSPS) is 12.2. The van der Waals surface area contributed by atoms with E-state index in [0.717, 1.165) is 19.9 Å². The number of anilines is 1. The summed E-state index contributed by atoms with van der Waals surface area (Å²) >= 11 is 9.57. The van der Waals surface area contributed by atoms with Crippen molar-refractivity contribution in [3.05, 3.63) is 92.9 Å². The van der Waals surface area contributed by atoms with Gasteiger partial charge in [-0.1, -0.05) is 57.4 Å². The summed E-state index contributed by atoms with van der Waals surface area (Å²) in [6.07, 6.45) is 0. The van der Waals surface area contributed by atoms with Crippen molar-refractivity contribution in [1.82, 2.24) is 10.2 Å². The summed E-state index contributed by atoms with van der Waals surface area (Å²) in [5.41, 5.74) is 2.63. The van der Waals surface area contributed by atoms with Gasteiger partial charge in [-0.05, 0) is 88.2 Å². The maximum absolute atomic E-state index is 13.9. The fourth-order valence-corrected chi connectivity index (χ4v) is 5.99. The molecule has 0 fully saturated rings. The number of halogens is 2. The van der Waals surface area contributed by atoms with Gasteiger partial charge in [0.2, 0.25) is 11.8 Å². The van der Waals surface area contributed by atoms with Crippen LogP contribution in [0.15, 0.2) is 76.1 Å². The Labute approximate surface area is 244 Å². The minimum absolute atomic E-state index is 0.0558. The van der Waals surface area contributed by atoms with E-state index in [-0.39, 0.29) is 23.4 Å². The summed E-state index contributed by atoms with van der Waals surface area (Å²) in [4.78, 5) is 28.4. The number of hydrogen-bond donors (Lipinski definition) is 1. The van der Waals surface area contributed by atoms with Gasteiger partial charge in [0, 0.05) is 22.1 Å². The highest BCUT2D eigenvalue weighted by molar-refractivity contribution is 9.10. The fraction of sp³-hybridized carbons (Fsp3) is 0.310. The van der Waals surface area contributed by atoms with Crippen molar-refractivity contribution in [2.45, 2.75) is 58.1 Å². The van der Waals surface area contributed by atoms with Gasteiger partial charge in [0.05, 0.1) is 10.6 Å². The van der Waals surface area contributed by atoms with Gasteiger partial charge in [-0.2, -0.15) is 0 Å². The number of amides is 2. The Hall–Kier alpha value is -2.88. The summed E-state index contributed by atoms with van der Waals surface area (Å²) in [7, 11) is -4.14. The molecule has 0 bridgehead atoms. The molecule has 0 radical (unpaired) electrons. The van der Waals surface area contributed by atoms with Crippen LogP contribution in [0.25, 0.3) is 0 Å². The second-order valence-electron chi connectivity index (χ2n) is 9.74. The number of hydrogen-bond acceptors (Lipinski definition) is 4. The van der Waals surface area contributed by atoms with Crippen molar-refractivity contribution in [3.63, 3.8) is 0 Å². The topological polar surface area (TPSA) is 86.8 Å². The third-order valence-electron chi connectivity index (χ3n) is 6.18. The van der Waals surface area contributed by atoms with E-state index < -0.39 is 28.5 Å². The van der Waals surface area contributed by atoms with Gasteiger partial charge >= 0.3 is 0 Å². The Bertz CT molecular complexity index is 1430. The summed E-state index contributed by atoms with van der Waals surface area (Å²) in [5, 5.41) is 3.30. The molecular formula is C29H33BrClN3O4S. The van der Waals surface area contributed by atoms with Crippen LogP contribution in [0.3, 0.4) is 0 Å². The molecule has 0 aliphatic carbocycles. The molecule has 2 amide bonds. The predicted octanol–water partition coefficient (Wildman–Crippen LogP) is 5.86. The maximum atomic E-state index is 13.9. The molecule has 0 aliphatic rings. The average Bonchev–Trinajstić information content (AvgIpc) is 2.86. The molecule has 3 aromatic rings. The van der Waals surface area contributed by atoms with Crippen molar-refractivity contribution in [3.8, 4) is 0 Å². The fourth-order valence-electron chi connectivity index (χ4n) is 4.02. The first kappa shape index (κ1) is 30.7. The first-order valence-corrected chi connectivity index (χ1v) is 15.1. The number of aryl methyl sites for hydroxylation is 2.